The molecule has 49 heavy (non-hydrogen) atoms. The number of carbonyl (C=O) groups is 3. The Balaban J connectivity index is 1.16. The molecular formula is C34H34Cl2FN7O5. The number of rotatable bonds is 10. The Morgan fingerprint density at radius 1 is 1.00 bits per heavy atom. The van der Waals surface area contributed by atoms with Crippen molar-refractivity contribution in [3.05, 3.63) is 93.2 Å². The summed E-state index contributed by atoms with van der Waals surface area (Å²) in [5.74, 6) is -2.42. The average molecular weight is 711 g/mol. The van der Waals surface area contributed by atoms with Gasteiger partial charge in [-0.3, -0.25) is 29.3 Å². The molecule has 2 amide bonds. The average Bonchev–Trinajstić information content (AvgIpc) is 3.72. The first-order valence-corrected chi connectivity index (χ1v) is 16.5. The minimum atomic E-state index is -0.780. The van der Waals surface area contributed by atoms with E-state index in [1.54, 1.807) is 47.1 Å². The lowest BCUT2D eigenvalue weighted by Gasteiger charge is -2.24. The highest BCUT2D eigenvalue weighted by Gasteiger charge is 2.26. The van der Waals surface area contributed by atoms with Gasteiger partial charge in [0.1, 0.15) is 0 Å². The van der Waals surface area contributed by atoms with Gasteiger partial charge < -0.3 is 20.5 Å². The molecule has 2 aromatic carbocycles. The molecule has 0 spiro atoms. The number of carbonyl (C=O) groups excluding carboxylic acids is 3. The van der Waals surface area contributed by atoms with E-state index < -0.39 is 23.7 Å². The Kier molecular flexibility index (Phi) is 10.6. The van der Waals surface area contributed by atoms with E-state index in [1.807, 2.05) is 4.90 Å². The van der Waals surface area contributed by atoms with Crippen molar-refractivity contribution in [1.29, 1.82) is 0 Å². The zero-order valence-corrected chi connectivity index (χ0v) is 28.0. The van der Waals surface area contributed by atoms with E-state index in [0.717, 1.165) is 18.5 Å². The van der Waals surface area contributed by atoms with Gasteiger partial charge in [-0.1, -0.05) is 47.5 Å². The molecule has 0 radical (unpaired) electrons. The molecule has 1 saturated heterocycles. The minimum absolute atomic E-state index is 0.0383. The summed E-state index contributed by atoms with van der Waals surface area (Å²) in [7, 11) is 1.33. The largest absolute Gasteiger partial charge is 0.468 e. The van der Waals surface area contributed by atoms with Gasteiger partial charge in [0.25, 0.3) is 11.8 Å². The number of likely N-dealkylation sites (tertiary alicyclic amines) is 1. The van der Waals surface area contributed by atoms with Crippen LogP contribution in [0.3, 0.4) is 0 Å². The lowest BCUT2D eigenvalue weighted by Crippen LogP contribution is -2.32. The van der Waals surface area contributed by atoms with Crippen LogP contribution in [0.4, 0.5) is 15.8 Å². The molecule has 15 heteroatoms. The zero-order valence-electron chi connectivity index (χ0n) is 26.5. The molecule has 2 aromatic heterocycles. The number of β-amino-alcohol motifs (C(OH)–C–C–N with tert-alkyl or cyclic N) is 1. The molecule has 0 bridgehead atoms. The molecule has 0 saturated carbocycles. The summed E-state index contributed by atoms with van der Waals surface area (Å²) in [6.45, 7) is 2.29. The maximum absolute atomic E-state index is 15.0. The Bertz CT molecular complexity index is 1900. The molecule has 4 heterocycles. The molecular weight excluding hydrogens is 676 g/mol. The highest BCUT2D eigenvalue weighted by Crippen LogP contribution is 2.40. The second-order valence-corrected chi connectivity index (χ2v) is 12.7. The topological polar surface area (TPSA) is 151 Å². The lowest BCUT2D eigenvalue weighted by molar-refractivity contribution is -0.139. The number of fused-ring (bicyclic) bond motifs is 1. The van der Waals surface area contributed by atoms with Crippen molar-refractivity contribution >= 4 is 52.4 Å². The number of aliphatic hydroxyl groups excluding tert-OH is 1. The predicted octanol–water partition coefficient (Wildman–Crippen LogP) is 5.06. The summed E-state index contributed by atoms with van der Waals surface area (Å²) in [6.07, 6.45) is 3.31. The number of aryl methyl sites for hydroxylation is 1. The summed E-state index contributed by atoms with van der Waals surface area (Å²) in [5, 5.41) is 23.2. The number of aromatic nitrogens is 3. The zero-order chi connectivity index (χ0) is 34.7. The molecule has 256 valence electrons. The fourth-order valence-electron chi connectivity index (χ4n) is 6.07. The van der Waals surface area contributed by atoms with E-state index in [-0.39, 0.29) is 45.7 Å². The third kappa shape index (κ3) is 7.76. The summed E-state index contributed by atoms with van der Waals surface area (Å²) in [5.41, 5.74) is 2.66. The van der Waals surface area contributed by atoms with Gasteiger partial charge in [0.15, 0.2) is 17.2 Å². The Labute approximate surface area is 291 Å². The third-order valence-corrected chi connectivity index (χ3v) is 9.35. The van der Waals surface area contributed by atoms with Crippen LogP contribution >= 0.6 is 23.2 Å². The number of benzene rings is 2. The summed E-state index contributed by atoms with van der Waals surface area (Å²) in [6, 6.07) is 12.8. The molecule has 4 aromatic rings. The number of anilines is 2. The highest BCUT2D eigenvalue weighted by molar-refractivity contribution is 6.40. The normalized spacial score (nSPS) is 17.4. The smallest absolute Gasteiger partial charge is 0.319 e. The number of nitrogens with zero attached hydrogens (tertiary/aromatic N) is 4. The van der Waals surface area contributed by atoms with Crippen LogP contribution in [-0.2, 0) is 22.6 Å². The number of halogens is 3. The van der Waals surface area contributed by atoms with Gasteiger partial charge in [-0.15, -0.1) is 0 Å². The summed E-state index contributed by atoms with van der Waals surface area (Å²) < 4.78 is 21.5. The van der Waals surface area contributed by atoms with Crippen molar-refractivity contribution in [3.8, 4) is 11.1 Å². The first kappa shape index (κ1) is 34.5. The fourth-order valence-corrected chi connectivity index (χ4v) is 6.62. The van der Waals surface area contributed by atoms with Crippen LogP contribution in [0.2, 0.25) is 10.0 Å². The van der Waals surface area contributed by atoms with Crippen LogP contribution in [-0.4, -0.2) is 75.4 Å². The molecule has 0 aliphatic carbocycles. The van der Waals surface area contributed by atoms with Gasteiger partial charge >= 0.3 is 5.97 Å². The number of hydrogen-bond donors (Lipinski definition) is 4. The second-order valence-electron chi connectivity index (χ2n) is 11.9. The number of methoxy groups -OCH3 is 1. The van der Waals surface area contributed by atoms with E-state index >= 15 is 0 Å². The molecule has 2 aliphatic heterocycles. The van der Waals surface area contributed by atoms with Crippen LogP contribution in [0.5, 0.6) is 0 Å². The van der Waals surface area contributed by atoms with Crippen LogP contribution < -0.4 is 16.0 Å². The van der Waals surface area contributed by atoms with E-state index in [9.17, 15) is 23.9 Å². The van der Waals surface area contributed by atoms with Crippen LogP contribution in [0.25, 0.3) is 11.1 Å². The minimum Gasteiger partial charge on any atom is -0.468 e. The second kappa shape index (κ2) is 15.0. The molecule has 1 unspecified atom stereocenters. The maximum atomic E-state index is 15.0. The van der Waals surface area contributed by atoms with Crippen molar-refractivity contribution in [2.24, 2.45) is 0 Å². The van der Waals surface area contributed by atoms with Crippen molar-refractivity contribution in [3.63, 3.8) is 0 Å². The monoisotopic (exact) mass is 709 g/mol. The maximum Gasteiger partial charge on any atom is 0.319 e. The van der Waals surface area contributed by atoms with Crippen molar-refractivity contribution in [1.82, 2.24) is 25.0 Å². The van der Waals surface area contributed by atoms with Crippen molar-refractivity contribution in [2.45, 2.75) is 44.5 Å². The predicted molar refractivity (Wildman–Crippen MR) is 182 cm³/mol. The van der Waals surface area contributed by atoms with E-state index in [0.29, 0.717) is 55.0 Å². The summed E-state index contributed by atoms with van der Waals surface area (Å²) in [4.78, 5) is 44.1. The van der Waals surface area contributed by atoms with Crippen molar-refractivity contribution < 1.29 is 28.6 Å². The Morgan fingerprint density at radius 3 is 2.33 bits per heavy atom. The van der Waals surface area contributed by atoms with Crippen LogP contribution in [0.1, 0.15) is 57.5 Å². The summed E-state index contributed by atoms with van der Waals surface area (Å²) >= 11 is 13.5. The molecule has 4 N–H and O–H groups in total. The number of aliphatic hydroxyl groups is 1. The number of ether oxygens (including phenoxy) is 1. The molecule has 2 aliphatic rings. The number of pyridine rings is 1. The van der Waals surface area contributed by atoms with Crippen LogP contribution in [0.15, 0.2) is 54.7 Å². The number of esters is 1. The standard InChI is InChI=1S/C34H34Cl2FN7O5/c1-49-29(46)16-38-24-9-4-11-44-28(24)14-27(42-44)33(47)40-25-7-2-5-21(30(25)35)22-6-3-8-26(31(22)36)41-34(48)32-23(37)13-19(15-39-32)17-43-12-10-20(45)18-43/h2-3,5-8,13-15,20,24,38,45H,4,9-12,16-18H2,1H3,(H,40,47)(H,41,48)/t20-,24?/m1/s1. The molecule has 1 fully saturated rings. The van der Waals surface area contributed by atoms with Crippen molar-refractivity contribution in [2.75, 3.05) is 37.4 Å². The van der Waals surface area contributed by atoms with Gasteiger partial charge in [0.05, 0.1) is 46.9 Å². The van der Waals surface area contributed by atoms with E-state index in [2.05, 4.69) is 26.0 Å². The quantitative estimate of drug-likeness (QED) is 0.166. The first-order chi connectivity index (χ1) is 23.6. The highest BCUT2D eigenvalue weighted by atomic mass is 35.5. The Hall–Kier alpha value is -4.40. The van der Waals surface area contributed by atoms with Crippen LogP contribution in [0, 0.1) is 5.82 Å². The fraction of sp³-hybridized carbons (Fsp3) is 0.324. The lowest BCUT2D eigenvalue weighted by atomic mass is 10.0. The van der Waals surface area contributed by atoms with Gasteiger partial charge in [0.2, 0.25) is 0 Å². The Morgan fingerprint density at radius 2 is 1.69 bits per heavy atom. The third-order valence-electron chi connectivity index (χ3n) is 8.53. The van der Waals surface area contributed by atoms with Gasteiger partial charge in [-0.25, -0.2) is 9.37 Å². The van der Waals surface area contributed by atoms with E-state index in [4.69, 9.17) is 27.9 Å². The SMILES string of the molecule is COC(=O)CNC1CCCn2nc(C(=O)Nc3cccc(-c4cccc(NC(=O)c5ncc(CN6CC[C@@H](O)C6)cc5F)c4Cl)c3Cl)cc21. The van der Waals surface area contributed by atoms with Gasteiger partial charge in [0, 0.05) is 49.5 Å². The number of nitrogens with one attached hydrogen (secondary N) is 3. The van der Waals surface area contributed by atoms with Gasteiger partial charge in [-0.05, 0) is 49.1 Å². The van der Waals surface area contributed by atoms with Gasteiger partial charge in [-0.2, -0.15) is 5.10 Å². The van der Waals surface area contributed by atoms with E-state index in [1.165, 1.54) is 19.4 Å². The number of amides is 2. The number of hydrogen-bond acceptors (Lipinski definition) is 9. The molecule has 2 atom stereocenters. The molecule has 6 rings (SSSR count). The first-order valence-electron chi connectivity index (χ1n) is 15.7. The molecule has 12 nitrogen and oxygen atoms in total.